The Hall–Kier alpha value is -1.55. The van der Waals surface area contributed by atoms with Crippen LogP contribution in [0.5, 0.6) is 0 Å². The van der Waals surface area contributed by atoms with E-state index in [0.29, 0.717) is 16.6 Å². The number of halogens is 1. The lowest BCUT2D eigenvalue weighted by atomic mass is 10.3. The van der Waals surface area contributed by atoms with Crippen LogP contribution in [0.3, 0.4) is 0 Å². The van der Waals surface area contributed by atoms with Crippen LogP contribution in [-0.4, -0.2) is 30.3 Å². The normalized spacial score (nSPS) is 20.8. The third-order valence-electron chi connectivity index (χ3n) is 3.31. The molecule has 1 aromatic carbocycles. The van der Waals surface area contributed by atoms with Crippen molar-refractivity contribution in [2.24, 2.45) is 11.8 Å². The second-order valence-electron chi connectivity index (χ2n) is 5.07. The predicted molar refractivity (Wildman–Crippen MR) is 75.0 cm³/mol. The van der Waals surface area contributed by atoms with E-state index in [9.17, 15) is 9.59 Å². The fourth-order valence-corrected chi connectivity index (χ4v) is 2.10. The summed E-state index contributed by atoms with van der Waals surface area (Å²) in [6.07, 6.45) is 0.933. The van der Waals surface area contributed by atoms with E-state index in [0.717, 1.165) is 6.42 Å². The molecule has 1 saturated carbocycles. The van der Waals surface area contributed by atoms with Crippen LogP contribution >= 0.6 is 11.6 Å². The Morgan fingerprint density at radius 3 is 2.47 bits per heavy atom. The number of carbonyl (C=O) groups excluding carboxylic acids is 2. The molecule has 0 saturated heterocycles. The number of carbonyl (C=O) groups is 2. The second kappa shape index (κ2) is 5.61. The lowest BCUT2D eigenvalue weighted by molar-refractivity contribution is -0.134. The minimum atomic E-state index is -0.202. The SMILES string of the molecule is C[C@H]1C[C@H]1C(=O)N(C)CC(=O)Nc1ccc(Cl)cc1. The van der Waals surface area contributed by atoms with E-state index >= 15 is 0 Å². The zero-order valence-corrected chi connectivity index (χ0v) is 11.8. The zero-order chi connectivity index (χ0) is 14.0. The van der Waals surface area contributed by atoms with Gasteiger partial charge in [-0.1, -0.05) is 18.5 Å². The Morgan fingerprint density at radius 1 is 1.37 bits per heavy atom. The van der Waals surface area contributed by atoms with E-state index in [1.165, 1.54) is 4.90 Å². The van der Waals surface area contributed by atoms with Crippen LogP contribution in [0.15, 0.2) is 24.3 Å². The van der Waals surface area contributed by atoms with Crippen molar-refractivity contribution in [2.45, 2.75) is 13.3 Å². The molecule has 1 aromatic rings. The van der Waals surface area contributed by atoms with Gasteiger partial charge >= 0.3 is 0 Å². The summed E-state index contributed by atoms with van der Waals surface area (Å²) in [5, 5.41) is 3.35. The Bertz CT molecular complexity index is 487. The molecule has 1 aliphatic rings. The molecule has 0 heterocycles. The Labute approximate surface area is 117 Å². The molecule has 1 fully saturated rings. The number of amides is 2. The van der Waals surface area contributed by atoms with Crippen LogP contribution in [0.2, 0.25) is 5.02 Å². The monoisotopic (exact) mass is 280 g/mol. The number of hydrogen-bond donors (Lipinski definition) is 1. The molecule has 2 rings (SSSR count). The van der Waals surface area contributed by atoms with Gasteiger partial charge in [-0.15, -0.1) is 0 Å². The van der Waals surface area contributed by atoms with E-state index in [4.69, 9.17) is 11.6 Å². The van der Waals surface area contributed by atoms with E-state index in [-0.39, 0.29) is 24.3 Å². The highest BCUT2D eigenvalue weighted by molar-refractivity contribution is 6.30. The first kappa shape index (κ1) is 13.9. The maximum atomic E-state index is 11.9. The number of benzene rings is 1. The summed E-state index contributed by atoms with van der Waals surface area (Å²) in [5.74, 6) is 0.410. The molecular formula is C14H17ClN2O2. The first-order valence-electron chi connectivity index (χ1n) is 6.28. The molecule has 0 aromatic heterocycles. The zero-order valence-electron chi connectivity index (χ0n) is 11.0. The lowest BCUT2D eigenvalue weighted by Gasteiger charge is -2.16. The fraction of sp³-hybridized carbons (Fsp3) is 0.429. The van der Waals surface area contributed by atoms with Gasteiger partial charge in [0, 0.05) is 23.7 Å². The van der Waals surface area contributed by atoms with Gasteiger partial charge in [0.1, 0.15) is 0 Å². The lowest BCUT2D eigenvalue weighted by Crippen LogP contribution is -2.36. The van der Waals surface area contributed by atoms with Gasteiger partial charge < -0.3 is 10.2 Å². The largest absolute Gasteiger partial charge is 0.336 e. The molecule has 1 N–H and O–H groups in total. The van der Waals surface area contributed by atoms with Crippen LogP contribution in [0.4, 0.5) is 5.69 Å². The topological polar surface area (TPSA) is 49.4 Å². The summed E-state index contributed by atoms with van der Waals surface area (Å²) in [7, 11) is 1.66. The number of nitrogens with one attached hydrogen (secondary N) is 1. The van der Waals surface area contributed by atoms with Gasteiger partial charge in [-0.2, -0.15) is 0 Å². The van der Waals surface area contributed by atoms with Crippen LogP contribution in [0.1, 0.15) is 13.3 Å². The van der Waals surface area contributed by atoms with Crippen LogP contribution in [0.25, 0.3) is 0 Å². The Balaban J connectivity index is 1.83. The Morgan fingerprint density at radius 2 is 1.95 bits per heavy atom. The number of likely N-dealkylation sites (N-methyl/N-ethyl adjacent to an activating group) is 1. The quantitative estimate of drug-likeness (QED) is 0.921. The van der Waals surface area contributed by atoms with E-state index in [1.807, 2.05) is 6.92 Å². The van der Waals surface area contributed by atoms with Crippen molar-refractivity contribution >= 4 is 29.1 Å². The average molecular weight is 281 g/mol. The summed E-state index contributed by atoms with van der Waals surface area (Å²) < 4.78 is 0. The van der Waals surface area contributed by atoms with Gasteiger partial charge in [0.05, 0.1) is 6.54 Å². The molecule has 5 heteroatoms. The van der Waals surface area contributed by atoms with Gasteiger partial charge in [-0.05, 0) is 36.6 Å². The Kier molecular flexibility index (Phi) is 4.10. The molecule has 2 amide bonds. The maximum Gasteiger partial charge on any atom is 0.243 e. The van der Waals surface area contributed by atoms with E-state index < -0.39 is 0 Å². The summed E-state index contributed by atoms with van der Waals surface area (Å²) in [4.78, 5) is 25.2. The minimum Gasteiger partial charge on any atom is -0.336 e. The molecule has 19 heavy (non-hydrogen) atoms. The second-order valence-corrected chi connectivity index (χ2v) is 5.51. The van der Waals surface area contributed by atoms with Crippen molar-refractivity contribution in [3.63, 3.8) is 0 Å². The standard InChI is InChI=1S/C14H17ClN2O2/c1-9-7-12(9)14(19)17(2)8-13(18)16-11-5-3-10(15)4-6-11/h3-6,9,12H,7-8H2,1-2H3,(H,16,18)/t9-,12+/m0/s1. The number of hydrogen-bond acceptors (Lipinski definition) is 2. The van der Waals surface area contributed by atoms with Gasteiger partial charge in [0.15, 0.2) is 0 Å². The molecule has 102 valence electrons. The number of anilines is 1. The van der Waals surface area contributed by atoms with Crippen molar-refractivity contribution in [1.82, 2.24) is 4.90 Å². The van der Waals surface area contributed by atoms with Crippen molar-refractivity contribution in [1.29, 1.82) is 0 Å². The summed E-state index contributed by atoms with van der Waals surface area (Å²) >= 11 is 5.76. The number of nitrogens with zero attached hydrogens (tertiary/aromatic N) is 1. The molecule has 0 unspecified atom stereocenters. The molecule has 0 aliphatic heterocycles. The van der Waals surface area contributed by atoms with Gasteiger partial charge in [-0.3, -0.25) is 9.59 Å². The van der Waals surface area contributed by atoms with E-state index in [1.54, 1.807) is 31.3 Å². The third-order valence-corrected chi connectivity index (χ3v) is 3.56. The molecule has 1 aliphatic carbocycles. The summed E-state index contributed by atoms with van der Waals surface area (Å²) in [5.41, 5.74) is 0.676. The average Bonchev–Trinajstić information content (AvgIpc) is 3.08. The van der Waals surface area contributed by atoms with Crippen molar-refractivity contribution in [3.8, 4) is 0 Å². The molecule has 0 bridgehead atoms. The molecule has 4 nitrogen and oxygen atoms in total. The molecule has 0 radical (unpaired) electrons. The van der Waals surface area contributed by atoms with Crippen molar-refractivity contribution < 1.29 is 9.59 Å². The van der Waals surface area contributed by atoms with Gasteiger partial charge in [-0.25, -0.2) is 0 Å². The predicted octanol–water partition coefficient (Wildman–Crippen LogP) is 2.39. The first-order valence-corrected chi connectivity index (χ1v) is 6.65. The highest BCUT2D eigenvalue weighted by atomic mass is 35.5. The molecule has 2 atom stereocenters. The fourth-order valence-electron chi connectivity index (χ4n) is 1.98. The highest BCUT2D eigenvalue weighted by Gasteiger charge is 2.40. The number of rotatable bonds is 4. The minimum absolute atomic E-state index is 0.0544. The molecule has 0 spiro atoms. The van der Waals surface area contributed by atoms with E-state index in [2.05, 4.69) is 5.32 Å². The van der Waals surface area contributed by atoms with Gasteiger partial charge in [0.2, 0.25) is 11.8 Å². The highest BCUT2D eigenvalue weighted by Crippen LogP contribution is 2.38. The first-order chi connectivity index (χ1) is 8.97. The third kappa shape index (κ3) is 3.70. The van der Waals surface area contributed by atoms with Crippen LogP contribution < -0.4 is 5.32 Å². The smallest absolute Gasteiger partial charge is 0.243 e. The van der Waals surface area contributed by atoms with Crippen LogP contribution in [0, 0.1) is 11.8 Å². The van der Waals surface area contributed by atoms with Crippen molar-refractivity contribution in [3.05, 3.63) is 29.3 Å². The summed E-state index contributed by atoms with van der Waals surface area (Å²) in [6.45, 7) is 2.12. The van der Waals surface area contributed by atoms with Crippen LogP contribution in [-0.2, 0) is 9.59 Å². The maximum absolute atomic E-state index is 11.9. The van der Waals surface area contributed by atoms with Crippen molar-refractivity contribution in [2.75, 3.05) is 18.9 Å². The molecular weight excluding hydrogens is 264 g/mol. The summed E-state index contributed by atoms with van der Waals surface area (Å²) in [6, 6.07) is 6.87. The van der Waals surface area contributed by atoms with Gasteiger partial charge in [0.25, 0.3) is 0 Å².